The Morgan fingerprint density at radius 1 is 1.19 bits per heavy atom. The van der Waals surface area contributed by atoms with Crippen LogP contribution in [0.1, 0.15) is 27.8 Å². The number of amides is 2. The number of halogens is 1. The summed E-state index contributed by atoms with van der Waals surface area (Å²) in [4.78, 5) is 31.4. The summed E-state index contributed by atoms with van der Waals surface area (Å²) in [6.07, 6.45) is 2.58. The Kier molecular flexibility index (Phi) is 4.84. The van der Waals surface area contributed by atoms with Crippen LogP contribution < -0.4 is 10.6 Å². The fraction of sp³-hybridized carbons (Fsp3) is 0.143. The third-order valence-electron chi connectivity index (χ3n) is 2.57. The average Bonchev–Trinajstić information content (AvgIpc) is 2.48. The minimum Gasteiger partial charge on any atom is -0.352 e. The third-order valence-corrected chi connectivity index (χ3v) is 2.77. The van der Waals surface area contributed by atoms with Gasteiger partial charge >= 0.3 is 0 Å². The van der Waals surface area contributed by atoms with Crippen LogP contribution in [0.4, 0.5) is 5.69 Å². The minimum absolute atomic E-state index is 0.141. The molecule has 0 fully saturated rings. The van der Waals surface area contributed by atoms with E-state index in [9.17, 15) is 9.59 Å². The highest BCUT2D eigenvalue weighted by Crippen LogP contribution is 2.12. The summed E-state index contributed by atoms with van der Waals surface area (Å²) >= 11 is 5.61. The second-order valence-electron chi connectivity index (χ2n) is 4.12. The van der Waals surface area contributed by atoms with Gasteiger partial charge in [-0.15, -0.1) is 0 Å². The van der Waals surface area contributed by atoms with Crippen molar-refractivity contribution >= 4 is 29.1 Å². The van der Waals surface area contributed by atoms with Gasteiger partial charge in [0.15, 0.2) is 0 Å². The number of nitrogens with zero attached hydrogens (tertiary/aromatic N) is 2. The van der Waals surface area contributed by atoms with Crippen molar-refractivity contribution in [3.63, 3.8) is 0 Å². The maximum Gasteiger partial charge on any atom is 0.275 e. The molecule has 0 saturated carbocycles. The normalized spacial score (nSPS) is 10.0. The van der Waals surface area contributed by atoms with Gasteiger partial charge in [0, 0.05) is 17.8 Å². The van der Waals surface area contributed by atoms with Crippen LogP contribution in [0.2, 0.25) is 5.15 Å². The number of hydrogen-bond acceptors (Lipinski definition) is 4. The molecule has 7 heteroatoms. The number of anilines is 1. The predicted molar refractivity (Wildman–Crippen MR) is 79.4 cm³/mol. The molecule has 0 radical (unpaired) electrons. The van der Waals surface area contributed by atoms with E-state index in [1.165, 1.54) is 12.4 Å². The lowest BCUT2D eigenvalue weighted by molar-refractivity contribution is 0.0954. The summed E-state index contributed by atoms with van der Waals surface area (Å²) < 4.78 is 0. The van der Waals surface area contributed by atoms with E-state index in [2.05, 4.69) is 20.6 Å². The van der Waals surface area contributed by atoms with Crippen molar-refractivity contribution in [2.24, 2.45) is 0 Å². The number of carbonyl (C=O) groups is 2. The quantitative estimate of drug-likeness (QED) is 0.906. The molecule has 108 valence electrons. The largest absolute Gasteiger partial charge is 0.352 e. The van der Waals surface area contributed by atoms with Crippen LogP contribution in [0, 0.1) is 0 Å². The first-order valence-corrected chi connectivity index (χ1v) is 6.65. The fourth-order valence-corrected chi connectivity index (χ4v) is 1.72. The number of carbonyl (C=O) groups excluding carboxylic acids is 2. The molecule has 0 spiro atoms. The van der Waals surface area contributed by atoms with Gasteiger partial charge in [-0.05, 0) is 25.1 Å². The average molecular weight is 305 g/mol. The first-order valence-electron chi connectivity index (χ1n) is 6.27. The van der Waals surface area contributed by atoms with E-state index in [1.54, 1.807) is 24.3 Å². The maximum atomic E-state index is 12.0. The lowest BCUT2D eigenvalue weighted by Crippen LogP contribution is -2.22. The molecule has 0 saturated heterocycles. The molecule has 2 aromatic rings. The van der Waals surface area contributed by atoms with Crippen molar-refractivity contribution in [2.75, 3.05) is 11.9 Å². The van der Waals surface area contributed by atoms with Gasteiger partial charge in [0.2, 0.25) is 0 Å². The summed E-state index contributed by atoms with van der Waals surface area (Å²) in [7, 11) is 0. The molecular weight excluding hydrogens is 292 g/mol. The van der Waals surface area contributed by atoms with Gasteiger partial charge in [0.1, 0.15) is 10.8 Å². The van der Waals surface area contributed by atoms with Crippen LogP contribution >= 0.6 is 11.6 Å². The van der Waals surface area contributed by atoms with Crippen LogP contribution in [0.5, 0.6) is 0 Å². The fourth-order valence-electron chi connectivity index (χ4n) is 1.63. The van der Waals surface area contributed by atoms with Gasteiger partial charge in [0.05, 0.1) is 12.4 Å². The summed E-state index contributed by atoms with van der Waals surface area (Å²) in [6, 6.07) is 6.63. The predicted octanol–water partition coefficient (Wildman–Crippen LogP) is 2.13. The molecule has 2 N–H and O–H groups in total. The van der Waals surface area contributed by atoms with E-state index in [4.69, 9.17) is 11.6 Å². The summed E-state index contributed by atoms with van der Waals surface area (Å²) in [5.74, 6) is -0.618. The summed E-state index contributed by atoms with van der Waals surface area (Å²) in [5, 5.41) is 5.55. The molecule has 0 aliphatic rings. The van der Waals surface area contributed by atoms with E-state index in [0.29, 0.717) is 17.8 Å². The van der Waals surface area contributed by atoms with Gasteiger partial charge in [-0.1, -0.05) is 17.7 Å². The van der Waals surface area contributed by atoms with E-state index < -0.39 is 5.91 Å². The molecule has 0 unspecified atom stereocenters. The molecule has 2 rings (SSSR count). The molecule has 1 aromatic heterocycles. The minimum atomic E-state index is -0.424. The van der Waals surface area contributed by atoms with Crippen LogP contribution in [0.3, 0.4) is 0 Å². The molecule has 0 atom stereocenters. The van der Waals surface area contributed by atoms with Crippen molar-refractivity contribution in [2.45, 2.75) is 6.92 Å². The van der Waals surface area contributed by atoms with Gasteiger partial charge in [0.25, 0.3) is 11.8 Å². The van der Waals surface area contributed by atoms with Gasteiger partial charge in [-0.3, -0.25) is 9.59 Å². The molecule has 0 aliphatic carbocycles. The highest BCUT2D eigenvalue weighted by Gasteiger charge is 2.10. The van der Waals surface area contributed by atoms with Gasteiger partial charge < -0.3 is 10.6 Å². The number of hydrogen-bond donors (Lipinski definition) is 2. The van der Waals surface area contributed by atoms with Crippen molar-refractivity contribution in [3.05, 3.63) is 53.1 Å². The second-order valence-corrected chi connectivity index (χ2v) is 4.51. The van der Waals surface area contributed by atoms with Crippen LogP contribution in [0.25, 0.3) is 0 Å². The first-order chi connectivity index (χ1) is 10.1. The zero-order valence-corrected chi connectivity index (χ0v) is 12.0. The highest BCUT2D eigenvalue weighted by atomic mass is 35.5. The lowest BCUT2D eigenvalue weighted by atomic mass is 10.2. The molecule has 21 heavy (non-hydrogen) atoms. The standard InChI is InChI=1S/C14H13ClN4O2/c1-2-16-13(20)9-4-3-5-10(6-9)19-14(21)11-7-18-12(15)8-17-11/h3-8H,2H2,1H3,(H,16,20)(H,19,21). The highest BCUT2D eigenvalue weighted by molar-refractivity contribution is 6.29. The first kappa shape index (κ1) is 14.9. The van der Waals surface area contributed by atoms with E-state index in [-0.39, 0.29) is 16.8 Å². The number of rotatable bonds is 4. The van der Waals surface area contributed by atoms with Crippen LogP contribution in [-0.4, -0.2) is 28.3 Å². The second kappa shape index (κ2) is 6.81. The van der Waals surface area contributed by atoms with Crippen molar-refractivity contribution in [1.29, 1.82) is 0 Å². The van der Waals surface area contributed by atoms with Gasteiger partial charge in [-0.25, -0.2) is 9.97 Å². The number of benzene rings is 1. The smallest absolute Gasteiger partial charge is 0.275 e. The lowest BCUT2D eigenvalue weighted by Gasteiger charge is -2.07. The topological polar surface area (TPSA) is 84.0 Å². The summed E-state index contributed by atoms with van der Waals surface area (Å²) in [6.45, 7) is 2.37. The van der Waals surface area contributed by atoms with Crippen molar-refractivity contribution < 1.29 is 9.59 Å². The zero-order valence-electron chi connectivity index (χ0n) is 11.3. The van der Waals surface area contributed by atoms with Gasteiger partial charge in [-0.2, -0.15) is 0 Å². The van der Waals surface area contributed by atoms with Crippen molar-refractivity contribution in [1.82, 2.24) is 15.3 Å². The van der Waals surface area contributed by atoms with E-state index >= 15 is 0 Å². The summed E-state index contributed by atoms with van der Waals surface area (Å²) in [5.41, 5.74) is 1.11. The monoisotopic (exact) mass is 304 g/mol. The number of aromatic nitrogens is 2. The Bertz CT molecular complexity index is 658. The Morgan fingerprint density at radius 3 is 2.67 bits per heavy atom. The Balaban J connectivity index is 2.12. The molecule has 2 amide bonds. The Morgan fingerprint density at radius 2 is 2.00 bits per heavy atom. The molecule has 0 bridgehead atoms. The van der Waals surface area contributed by atoms with E-state index in [1.807, 2.05) is 6.92 Å². The maximum absolute atomic E-state index is 12.0. The molecule has 6 nitrogen and oxygen atoms in total. The van der Waals surface area contributed by atoms with Crippen LogP contribution in [0.15, 0.2) is 36.7 Å². The zero-order chi connectivity index (χ0) is 15.2. The van der Waals surface area contributed by atoms with E-state index in [0.717, 1.165) is 0 Å². The number of nitrogens with one attached hydrogen (secondary N) is 2. The van der Waals surface area contributed by atoms with Crippen molar-refractivity contribution in [3.8, 4) is 0 Å². The van der Waals surface area contributed by atoms with Crippen LogP contribution in [-0.2, 0) is 0 Å². The SMILES string of the molecule is CCNC(=O)c1cccc(NC(=O)c2cnc(Cl)cn2)c1. The Hall–Kier alpha value is -2.47. The molecule has 0 aliphatic heterocycles. The molecule has 1 aromatic carbocycles. The Labute approximate surface area is 126 Å². The third kappa shape index (κ3) is 4.00. The molecular formula is C14H13ClN4O2. The molecule has 1 heterocycles.